The van der Waals surface area contributed by atoms with E-state index in [1.54, 1.807) is 6.07 Å². The summed E-state index contributed by atoms with van der Waals surface area (Å²) in [4.78, 5) is 0. The van der Waals surface area contributed by atoms with E-state index >= 15 is 0 Å². The van der Waals surface area contributed by atoms with E-state index in [0.717, 1.165) is 19.4 Å². The van der Waals surface area contributed by atoms with Crippen LogP contribution in [-0.2, 0) is 5.54 Å². The van der Waals surface area contributed by atoms with E-state index in [4.69, 9.17) is 4.74 Å². The summed E-state index contributed by atoms with van der Waals surface area (Å²) in [5.74, 6) is -0.801. The fraction of sp³-hybridized carbons (Fsp3) is 0.500. The van der Waals surface area contributed by atoms with Gasteiger partial charge in [0.2, 0.25) is 0 Å². The SMILES string of the molecule is COc1c(O)c(C2(C)CCCN2)cc(Br)c1F. The van der Waals surface area contributed by atoms with Crippen molar-refractivity contribution in [3.8, 4) is 11.5 Å². The number of phenols is 1. The number of rotatable bonds is 2. The highest BCUT2D eigenvalue weighted by molar-refractivity contribution is 9.10. The smallest absolute Gasteiger partial charge is 0.198 e. The highest BCUT2D eigenvalue weighted by Gasteiger charge is 2.35. The van der Waals surface area contributed by atoms with Crippen LogP contribution >= 0.6 is 15.9 Å². The molecule has 1 aliphatic heterocycles. The Balaban J connectivity index is 2.58. The van der Waals surface area contributed by atoms with Crippen molar-refractivity contribution in [3.63, 3.8) is 0 Å². The van der Waals surface area contributed by atoms with Gasteiger partial charge in [-0.25, -0.2) is 4.39 Å². The van der Waals surface area contributed by atoms with Crippen molar-refractivity contribution in [3.05, 3.63) is 21.9 Å². The lowest BCUT2D eigenvalue weighted by Crippen LogP contribution is -2.33. The number of halogens is 2. The number of ether oxygens (including phenoxy) is 1. The van der Waals surface area contributed by atoms with Crippen molar-refractivity contribution in [2.24, 2.45) is 0 Å². The van der Waals surface area contributed by atoms with Crippen LogP contribution in [0.4, 0.5) is 4.39 Å². The van der Waals surface area contributed by atoms with Gasteiger partial charge < -0.3 is 15.2 Å². The quantitative estimate of drug-likeness (QED) is 0.883. The van der Waals surface area contributed by atoms with E-state index in [1.165, 1.54) is 7.11 Å². The van der Waals surface area contributed by atoms with Gasteiger partial charge in [0.05, 0.1) is 11.6 Å². The number of aromatic hydroxyl groups is 1. The lowest BCUT2D eigenvalue weighted by Gasteiger charge is -2.27. The van der Waals surface area contributed by atoms with E-state index in [0.29, 0.717) is 10.0 Å². The molecule has 0 amide bonds. The number of hydrogen-bond acceptors (Lipinski definition) is 3. The lowest BCUT2D eigenvalue weighted by molar-refractivity contribution is 0.333. The van der Waals surface area contributed by atoms with Crippen molar-refractivity contribution in [2.75, 3.05) is 13.7 Å². The monoisotopic (exact) mass is 303 g/mol. The fourth-order valence-electron chi connectivity index (χ4n) is 2.32. The molecule has 0 saturated carbocycles. The molecule has 3 nitrogen and oxygen atoms in total. The van der Waals surface area contributed by atoms with E-state index in [-0.39, 0.29) is 17.0 Å². The number of phenolic OH excluding ortho intramolecular Hbond substituents is 1. The number of hydrogen-bond donors (Lipinski definition) is 2. The Morgan fingerprint density at radius 3 is 2.82 bits per heavy atom. The summed E-state index contributed by atoms with van der Waals surface area (Å²) in [6.45, 7) is 2.89. The molecule has 1 unspecified atom stereocenters. The highest BCUT2D eigenvalue weighted by Crippen LogP contribution is 2.44. The molecule has 17 heavy (non-hydrogen) atoms. The van der Waals surface area contributed by atoms with Crippen molar-refractivity contribution in [2.45, 2.75) is 25.3 Å². The van der Waals surface area contributed by atoms with Crippen LogP contribution in [-0.4, -0.2) is 18.8 Å². The van der Waals surface area contributed by atoms with Crippen LogP contribution in [0.25, 0.3) is 0 Å². The molecule has 2 N–H and O–H groups in total. The third-order valence-corrected chi connectivity index (χ3v) is 3.89. The Bertz CT molecular complexity index is 445. The number of methoxy groups -OCH3 is 1. The molecule has 2 rings (SSSR count). The lowest BCUT2D eigenvalue weighted by atomic mass is 9.89. The van der Waals surface area contributed by atoms with Gasteiger partial charge in [-0.05, 0) is 48.3 Å². The molecular formula is C12H15BrFNO2. The number of nitrogens with one attached hydrogen (secondary N) is 1. The Morgan fingerprint density at radius 2 is 2.29 bits per heavy atom. The first kappa shape index (κ1) is 12.6. The second kappa shape index (κ2) is 4.46. The second-order valence-corrected chi connectivity index (χ2v) is 5.32. The summed E-state index contributed by atoms with van der Waals surface area (Å²) in [6.07, 6.45) is 1.94. The molecule has 0 bridgehead atoms. The van der Waals surface area contributed by atoms with E-state index in [9.17, 15) is 9.50 Å². The van der Waals surface area contributed by atoms with Crippen LogP contribution in [0.15, 0.2) is 10.5 Å². The van der Waals surface area contributed by atoms with Gasteiger partial charge in [0.15, 0.2) is 17.3 Å². The first-order valence-electron chi connectivity index (χ1n) is 5.50. The summed E-state index contributed by atoms with van der Waals surface area (Å²) in [7, 11) is 1.35. The van der Waals surface area contributed by atoms with Crippen LogP contribution in [0.5, 0.6) is 11.5 Å². The Labute approximate surface area is 108 Å². The molecule has 5 heteroatoms. The molecular weight excluding hydrogens is 289 g/mol. The summed E-state index contributed by atoms with van der Waals surface area (Å²) < 4.78 is 18.9. The summed E-state index contributed by atoms with van der Waals surface area (Å²) in [6, 6.07) is 1.62. The third kappa shape index (κ3) is 2.02. The minimum Gasteiger partial charge on any atom is -0.504 e. The molecule has 1 aliphatic rings. The van der Waals surface area contributed by atoms with Crippen molar-refractivity contribution in [1.29, 1.82) is 0 Å². The molecule has 1 aromatic carbocycles. The van der Waals surface area contributed by atoms with Crippen molar-refractivity contribution in [1.82, 2.24) is 5.32 Å². The van der Waals surface area contributed by atoms with Gasteiger partial charge in [-0.1, -0.05) is 0 Å². The molecule has 1 saturated heterocycles. The molecule has 1 aromatic rings. The topological polar surface area (TPSA) is 41.5 Å². The molecule has 0 spiro atoms. The summed E-state index contributed by atoms with van der Waals surface area (Å²) in [5, 5.41) is 13.4. The normalized spacial score (nSPS) is 24.0. The van der Waals surface area contributed by atoms with Gasteiger partial charge in [0, 0.05) is 11.1 Å². The standard InChI is InChI=1S/C12H15BrFNO2/c1-12(4-3-5-15-12)7-6-8(13)9(14)11(17-2)10(7)16/h6,15-16H,3-5H2,1-2H3. The van der Waals surface area contributed by atoms with E-state index < -0.39 is 5.82 Å². The fourth-order valence-corrected chi connectivity index (χ4v) is 2.73. The van der Waals surface area contributed by atoms with Gasteiger partial charge in [-0.15, -0.1) is 0 Å². The van der Waals surface area contributed by atoms with Crippen LogP contribution in [0.3, 0.4) is 0 Å². The third-order valence-electron chi connectivity index (χ3n) is 3.32. The molecule has 0 aliphatic carbocycles. The maximum atomic E-state index is 13.7. The van der Waals surface area contributed by atoms with Crippen molar-refractivity contribution >= 4 is 15.9 Å². The Hall–Kier alpha value is -0.810. The molecule has 1 fully saturated rings. The molecule has 94 valence electrons. The van der Waals surface area contributed by atoms with Gasteiger partial charge in [0.25, 0.3) is 0 Å². The molecule has 1 heterocycles. The maximum Gasteiger partial charge on any atom is 0.198 e. The highest BCUT2D eigenvalue weighted by atomic mass is 79.9. The zero-order valence-electron chi connectivity index (χ0n) is 9.81. The first-order chi connectivity index (χ1) is 7.99. The van der Waals surface area contributed by atoms with Gasteiger partial charge in [0.1, 0.15) is 0 Å². The molecule has 1 atom stereocenters. The average Bonchev–Trinajstić information content (AvgIpc) is 2.72. The van der Waals surface area contributed by atoms with Crippen LogP contribution in [0.2, 0.25) is 0 Å². The van der Waals surface area contributed by atoms with Crippen LogP contribution in [0, 0.1) is 5.82 Å². The van der Waals surface area contributed by atoms with Crippen molar-refractivity contribution < 1.29 is 14.2 Å². The Morgan fingerprint density at radius 1 is 1.59 bits per heavy atom. The first-order valence-corrected chi connectivity index (χ1v) is 6.29. The minimum atomic E-state index is -0.574. The zero-order valence-corrected chi connectivity index (χ0v) is 11.4. The van der Waals surface area contributed by atoms with Crippen LogP contribution < -0.4 is 10.1 Å². The summed E-state index contributed by atoms with van der Waals surface area (Å²) in [5.41, 5.74) is 0.341. The second-order valence-electron chi connectivity index (χ2n) is 4.46. The number of benzene rings is 1. The predicted octanol–water partition coefficient (Wildman–Crippen LogP) is 2.90. The average molecular weight is 304 g/mol. The van der Waals surface area contributed by atoms with Gasteiger partial charge in [-0.2, -0.15) is 0 Å². The largest absolute Gasteiger partial charge is 0.504 e. The van der Waals surface area contributed by atoms with E-state index in [1.807, 2.05) is 6.92 Å². The summed E-state index contributed by atoms with van der Waals surface area (Å²) >= 11 is 3.15. The maximum absolute atomic E-state index is 13.7. The van der Waals surface area contributed by atoms with Crippen LogP contribution in [0.1, 0.15) is 25.3 Å². The zero-order chi connectivity index (χ0) is 12.6. The predicted molar refractivity (Wildman–Crippen MR) is 66.9 cm³/mol. The molecule has 0 radical (unpaired) electrons. The Kier molecular flexibility index (Phi) is 3.32. The van der Waals surface area contributed by atoms with E-state index in [2.05, 4.69) is 21.2 Å². The molecule has 0 aromatic heterocycles. The minimum absolute atomic E-state index is 0.107. The van der Waals surface area contributed by atoms with Gasteiger partial charge >= 0.3 is 0 Å². The van der Waals surface area contributed by atoms with Gasteiger partial charge in [-0.3, -0.25) is 0 Å².